The number of carbonyl (C=O) groups is 2. The molecule has 24 heavy (non-hydrogen) atoms. The fourth-order valence-electron chi connectivity index (χ4n) is 2.39. The van der Waals surface area contributed by atoms with Crippen LogP contribution >= 0.6 is 11.6 Å². The third-order valence-corrected chi connectivity index (χ3v) is 5.82. The van der Waals surface area contributed by atoms with Gasteiger partial charge in [-0.05, 0) is 32.3 Å². The molecule has 0 spiro atoms. The summed E-state index contributed by atoms with van der Waals surface area (Å²) in [5.41, 5.74) is 0.385. The standard InChI is InChI=1S/C15H20ClN3O4S/c1-10-9-24(22,23)19(15(10)21)11-4-5-12(13(16)8-11)14(20)17-6-7-18(2)3/h4-5,8,10H,6-7,9H2,1-3H3,(H,17,20). The molecule has 0 aliphatic carbocycles. The van der Waals surface area contributed by atoms with Crippen LogP contribution in [0.4, 0.5) is 5.69 Å². The van der Waals surface area contributed by atoms with E-state index in [1.165, 1.54) is 18.2 Å². The maximum absolute atomic E-state index is 12.1. The quantitative estimate of drug-likeness (QED) is 0.830. The molecule has 1 aromatic carbocycles. The van der Waals surface area contributed by atoms with E-state index in [1.807, 2.05) is 19.0 Å². The van der Waals surface area contributed by atoms with Gasteiger partial charge >= 0.3 is 0 Å². The molecular formula is C15H20ClN3O4S. The van der Waals surface area contributed by atoms with Crippen LogP contribution in [0.5, 0.6) is 0 Å². The van der Waals surface area contributed by atoms with Gasteiger partial charge in [-0.1, -0.05) is 18.5 Å². The van der Waals surface area contributed by atoms with E-state index >= 15 is 0 Å². The summed E-state index contributed by atoms with van der Waals surface area (Å²) in [6, 6.07) is 4.17. The van der Waals surface area contributed by atoms with Crippen molar-refractivity contribution in [1.82, 2.24) is 10.2 Å². The van der Waals surface area contributed by atoms with E-state index in [0.717, 1.165) is 4.31 Å². The number of hydrogen-bond donors (Lipinski definition) is 1. The molecule has 1 fully saturated rings. The summed E-state index contributed by atoms with van der Waals surface area (Å²) in [5, 5.41) is 2.82. The number of carbonyl (C=O) groups excluding carboxylic acids is 2. The lowest BCUT2D eigenvalue weighted by atomic mass is 10.1. The molecular weight excluding hydrogens is 354 g/mol. The largest absolute Gasteiger partial charge is 0.351 e. The zero-order valence-electron chi connectivity index (χ0n) is 13.7. The van der Waals surface area contributed by atoms with Crippen molar-refractivity contribution in [2.24, 2.45) is 5.92 Å². The number of rotatable bonds is 5. The van der Waals surface area contributed by atoms with Crippen LogP contribution in [0.1, 0.15) is 17.3 Å². The Kier molecular flexibility index (Phi) is 5.52. The Morgan fingerprint density at radius 1 is 1.42 bits per heavy atom. The Morgan fingerprint density at radius 3 is 2.58 bits per heavy atom. The van der Waals surface area contributed by atoms with Gasteiger partial charge in [0.15, 0.2) is 0 Å². The number of nitrogens with zero attached hydrogens (tertiary/aromatic N) is 2. The second-order valence-electron chi connectivity index (χ2n) is 6.01. The summed E-state index contributed by atoms with van der Waals surface area (Å²) in [6.07, 6.45) is 0. The van der Waals surface area contributed by atoms with Crippen molar-refractivity contribution in [3.63, 3.8) is 0 Å². The molecule has 1 heterocycles. The third-order valence-electron chi connectivity index (χ3n) is 3.64. The zero-order chi connectivity index (χ0) is 18.1. The van der Waals surface area contributed by atoms with Gasteiger partial charge < -0.3 is 10.2 Å². The highest BCUT2D eigenvalue weighted by atomic mass is 35.5. The average Bonchev–Trinajstić information content (AvgIpc) is 2.66. The lowest BCUT2D eigenvalue weighted by molar-refractivity contribution is -0.119. The number of anilines is 1. The Bertz CT molecular complexity index is 764. The molecule has 1 atom stereocenters. The van der Waals surface area contributed by atoms with Gasteiger partial charge in [-0.25, -0.2) is 12.7 Å². The molecule has 1 unspecified atom stereocenters. The van der Waals surface area contributed by atoms with Gasteiger partial charge in [0, 0.05) is 13.1 Å². The highest BCUT2D eigenvalue weighted by Gasteiger charge is 2.42. The van der Waals surface area contributed by atoms with Crippen LogP contribution < -0.4 is 9.62 Å². The first-order valence-electron chi connectivity index (χ1n) is 7.43. The molecule has 1 saturated heterocycles. The van der Waals surface area contributed by atoms with Crippen LogP contribution in [0, 0.1) is 5.92 Å². The molecule has 2 amide bonds. The van der Waals surface area contributed by atoms with Crippen LogP contribution in [0.25, 0.3) is 0 Å². The fourth-order valence-corrected chi connectivity index (χ4v) is 4.46. The zero-order valence-corrected chi connectivity index (χ0v) is 15.3. The van der Waals surface area contributed by atoms with Gasteiger partial charge in [-0.2, -0.15) is 0 Å². The Labute approximate surface area is 146 Å². The minimum absolute atomic E-state index is 0.0948. The smallest absolute Gasteiger partial charge is 0.252 e. The van der Waals surface area contributed by atoms with E-state index in [0.29, 0.717) is 13.1 Å². The van der Waals surface area contributed by atoms with Crippen LogP contribution in [0.15, 0.2) is 18.2 Å². The Morgan fingerprint density at radius 2 is 2.08 bits per heavy atom. The van der Waals surface area contributed by atoms with Crippen LogP contribution in [-0.2, 0) is 14.8 Å². The monoisotopic (exact) mass is 373 g/mol. The topological polar surface area (TPSA) is 86.8 Å². The molecule has 7 nitrogen and oxygen atoms in total. The number of likely N-dealkylation sites (N-methyl/N-ethyl adjacent to an activating group) is 1. The third kappa shape index (κ3) is 3.88. The summed E-state index contributed by atoms with van der Waals surface area (Å²) in [7, 11) is 0.0896. The molecule has 9 heteroatoms. The predicted octanol–water partition coefficient (Wildman–Crippen LogP) is 0.944. The van der Waals surface area contributed by atoms with Crippen molar-refractivity contribution in [2.75, 3.05) is 37.2 Å². The summed E-state index contributed by atoms with van der Waals surface area (Å²) in [4.78, 5) is 26.1. The van der Waals surface area contributed by atoms with Crippen molar-refractivity contribution >= 4 is 39.1 Å². The van der Waals surface area contributed by atoms with E-state index in [4.69, 9.17) is 11.6 Å². The molecule has 0 saturated carbocycles. The van der Waals surface area contributed by atoms with Crippen molar-refractivity contribution < 1.29 is 18.0 Å². The molecule has 132 valence electrons. The maximum Gasteiger partial charge on any atom is 0.252 e. The lowest BCUT2D eigenvalue weighted by Gasteiger charge is -2.16. The van der Waals surface area contributed by atoms with Gasteiger partial charge in [-0.15, -0.1) is 0 Å². The predicted molar refractivity (Wildman–Crippen MR) is 92.8 cm³/mol. The number of hydrogen-bond acceptors (Lipinski definition) is 5. The molecule has 1 aliphatic rings. The van der Waals surface area contributed by atoms with E-state index in [2.05, 4.69) is 5.32 Å². The first-order valence-corrected chi connectivity index (χ1v) is 9.41. The molecule has 0 bridgehead atoms. The average molecular weight is 374 g/mol. The van der Waals surface area contributed by atoms with Gasteiger partial charge in [0.05, 0.1) is 27.9 Å². The Balaban J connectivity index is 2.21. The Hall–Kier alpha value is -1.64. The number of sulfonamides is 1. The van der Waals surface area contributed by atoms with Gasteiger partial charge in [0.1, 0.15) is 0 Å². The van der Waals surface area contributed by atoms with Crippen molar-refractivity contribution in [1.29, 1.82) is 0 Å². The summed E-state index contributed by atoms with van der Waals surface area (Å²) >= 11 is 6.12. The first kappa shape index (κ1) is 18.7. The molecule has 0 radical (unpaired) electrons. The maximum atomic E-state index is 12.1. The van der Waals surface area contributed by atoms with Crippen LogP contribution in [-0.4, -0.2) is 58.1 Å². The van der Waals surface area contributed by atoms with Crippen molar-refractivity contribution in [2.45, 2.75) is 6.92 Å². The SMILES string of the molecule is CC1CS(=O)(=O)N(c2ccc(C(=O)NCCN(C)C)c(Cl)c2)C1=O. The minimum atomic E-state index is -3.69. The van der Waals surface area contributed by atoms with E-state index in [1.54, 1.807) is 6.92 Å². The van der Waals surface area contributed by atoms with Crippen LogP contribution in [0.3, 0.4) is 0 Å². The van der Waals surface area contributed by atoms with Gasteiger partial charge in [0.25, 0.3) is 5.91 Å². The van der Waals surface area contributed by atoms with E-state index < -0.39 is 21.8 Å². The fraction of sp³-hybridized carbons (Fsp3) is 0.467. The molecule has 1 aromatic rings. The molecule has 1 aliphatic heterocycles. The summed E-state index contributed by atoms with van der Waals surface area (Å²) in [6.45, 7) is 2.70. The minimum Gasteiger partial charge on any atom is -0.351 e. The van der Waals surface area contributed by atoms with Gasteiger partial charge in [-0.3, -0.25) is 9.59 Å². The highest BCUT2D eigenvalue weighted by molar-refractivity contribution is 7.94. The number of nitrogens with one attached hydrogen (secondary N) is 1. The van der Waals surface area contributed by atoms with E-state index in [-0.39, 0.29) is 27.9 Å². The second-order valence-corrected chi connectivity index (χ2v) is 8.28. The molecule has 1 N–H and O–H groups in total. The lowest BCUT2D eigenvalue weighted by Crippen LogP contribution is -2.32. The van der Waals surface area contributed by atoms with Crippen molar-refractivity contribution in [3.05, 3.63) is 28.8 Å². The van der Waals surface area contributed by atoms with Crippen LogP contribution in [0.2, 0.25) is 5.02 Å². The number of amides is 2. The second kappa shape index (κ2) is 7.08. The van der Waals surface area contributed by atoms with E-state index in [9.17, 15) is 18.0 Å². The number of halogens is 1. The van der Waals surface area contributed by atoms with Crippen molar-refractivity contribution in [3.8, 4) is 0 Å². The normalized spacial score (nSPS) is 19.8. The summed E-state index contributed by atoms with van der Waals surface area (Å²) < 4.78 is 25.0. The summed E-state index contributed by atoms with van der Waals surface area (Å²) in [5.74, 6) is -1.66. The van der Waals surface area contributed by atoms with Gasteiger partial charge in [0.2, 0.25) is 15.9 Å². The number of benzene rings is 1. The molecule has 0 aromatic heterocycles. The highest BCUT2D eigenvalue weighted by Crippen LogP contribution is 2.31. The molecule has 2 rings (SSSR count). The first-order chi connectivity index (χ1) is 11.1.